The molecule has 0 aromatic rings. The first kappa shape index (κ1) is 11.4. The molecule has 90 valence electrons. The van der Waals surface area contributed by atoms with Crippen LogP contribution in [0.2, 0.25) is 0 Å². The van der Waals surface area contributed by atoms with Gasteiger partial charge in [0.05, 0.1) is 18.4 Å². The first-order valence-corrected chi connectivity index (χ1v) is 5.76. The van der Waals surface area contributed by atoms with Crippen LogP contribution in [-0.2, 0) is 19.1 Å². The van der Waals surface area contributed by atoms with Crippen molar-refractivity contribution in [3.05, 3.63) is 0 Å². The molecule has 2 aliphatic rings. The van der Waals surface area contributed by atoms with E-state index < -0.39 is 5.60 Å². The van der Waals surface area contributed by atoms with Gasteiger partial charge in [0.15, 0.2) is 0 Å². The van der Waals surface area contributed by atoms with E-state index in [4.69, 9.17) is 9.47 Å². The van der Waals surface area contributed by atoms with Gasteiger partial charge < -0.3 is 9.47 Å². The van der Waals surface area contributed by atoms with E-state index in [1.165, 1.54) is 0 Å². The Morgan fingerprint density at radius 2 is 2.06 bits per heavy atom. The van der Waals surface area contributed by atoms with E-state index in [0.717, 1.165) is 12.8 Å². The van der Waals surface area contributed by atoms with Crippen LogP contribution in [0.1, 0.15) is 33.6 Å². The Labute approximate surface area is 95.3 Å². The number of carbonyl (C=O) groups is 2. The average molecular weight is 226 g/mol. The summed E-state index contributed by atoms with van der Waals surface area (Å²) in [6.45, 7) is 5.98. The topological polar surface area (TPSA) is 52.6 Å². The van der Waals surface area contributed by atoms with Gasteiger partial charge in [0.25, 0.3) is 0 Å². The number of rotatable bonds is 1. The third-order valence-electron chi connectivity index (χ3n) is 3.13. The van der Waals surface area contributed by atoms with Crippen LogP contribution >= 0.6 is 0 Å². The number of hydrogen-bond donors (Lipinski definition) is 0. The van der Waals surface area contributed by atoms with E-state index >= 15 is 0 Å². The van der Waals surface area contributed by atoms with Crippen LogP contribution in [0.25, 0.3) is 0 Å². The van der Waals surface area contributed by atoms with E-state index in [9.17, 15) is 9.59 Å². The minimum absolute atomic E-state index is 0.232. The summed E-state index contributed by atoms with van der Waals surface area (Å²) in [6, 6.07) is 0. The highest BCUT2D eigenvalue weighted by molar-refractivity contribution is 5.83. The molecular formula is C12H18O4. The molecular weight excluding hydrogens is 208 g/mol. The third-order valence-corrected chi connectivity index (χ3v) is 3.13. The summed E-state index contributed by atoms with van der Waals surface area (Å²) < 4.78 is 10.4. The van der Waals surface area contributed by atoms with Crippen LogP contribution in [0.3, 0.4) is 0 Å². The first-order chi connectivity index (χ1) is 7.37. The van der Waals surface area contributed by atoms with Gasteiger partial charge in [-0.2, -0.15) is 0 Å². The van der Waals surface area contributed by atoms with Gasteiger partial charge in [-0.1, -0.05) is 0 Å². The molecule has 1 aliphatic carbocycles. The van der Waals surface area contributed by atoms with Crippen molar-refractivity contribution in [3.63, 3.8) is 0 Å². The molecule has 4 nitrogen and oxygen atoms in total. The Morgan fingerprint density at radius 1 is 1.38 bits per heavy atom. The summed E-state index contributed by atoms with van der Waals surface area (Å²) in [7, 11) is 0. The summed E-state index contributed by atoms with van der Waals surface area (Å²) in [6.07, 6.45) is 1.51. The Kier molecular flexibility index (Phi) is 2.68. The van der Waals surface area contributed by atoms with Gasteiger partial charge in [0.2, 0.25) is 0 Å². The number of fused-ring (bicyclic) bond motifs is 2. The molecule has 1 saturated carbocycles. The lowest BCUT2D eigenvalue weighted by Crippen LogP contribution is -2.33. The SMILES string of the molecule is CC(C)(C)OC(=O)C1CC2COC(=O)C1C2. The molecule has 3 unspecified atom stereocenters. The second-order valence-corrected chi connectivity index (χ2v) is 5.71. The summed E-state index contributed by atoms with van der Waals surface area (Å²) in [5, 5.41) is 0. The van der Waals surface area contributed by atoms with E-state index in [0.29, 0.717) is 12.5 Å². The largest absolute Gasteiger partial charge is 0.465 e. The van der Waals surface area contributed by atoms with E-state index in [1.807, 2.05) is 20.8 Å². The van der Waals surface area contributed by atoms with Crippen LogP contribution in [-0.4, -0.2) is 24.1 Å². The zero-order chi connectivity index (χ0) is 11.9. The van der Waals surface area contributed by atoms with Crippen molar-refractivity contribution in [2.24, 2.45) is 17.8 Å². The Hall–Kier alpha value is -1.06. The van der Waals surface area contributed by atoms with Gasteiger partial charge in [-0.3, -0.25) is 9.59 Å². The molecule has 0 spiro atoms. The van der Waals surface area contributed by atoms with Crippen LogP contribution in [0, 0.1) is 17.8 Å². The monoisotopic (exact) mass is 226 g/mol. The molecule has 2 fully saturated rings. The maximum absolute atomic E-state index is 11.9. The highest BCUT2D eigenvalue weighted by Gasteiger charge is 2.48. The van der Waals surface area contributed by atoms with Crippen molar-refractivity contribution in [1.29, 1.82) is 0 Å². The highest BCUT2D eigenvalue weighted by Crippen LogP contribution is 2.41. The predicted octanol–water partition coefficient (Wildman–Crippen LogP) is 1.53. The van der Waals surface area contributed by atoms with Gasteiger partial charge >= 0.3 is 11.9 Å². The van der Waals surface area contributed by atoms with Crippen LogP contribution in [0.5, 0.6) is 0 Å². The molecule has 1 aliphatic heterocycles. The van der Waals surface area contributed by atoms with Crippen LogP contribution in [0.15, 0.2) is 0 Å². The maximum Gasteiger partial charge on any atom is 0.310 e. The molecule has 2 bridgehead atoms. The van der Waals surface area contributed by atoms with Gasteiger partial charge in [-0.15, -0.1) is 0 Å². The average Bonchev–Trinajstić information content (AvgIpc) is 2.49. The van der Waals surface area contributed by atoms with Gasteiger partial charge in [-0.25, -0.2) is 0 Å². The lowest BCUT2D eigenvalue weighted by molar-refractivity contribution is -0.166. The lowest BCUT2D eigenvalue weighted by atomic mass is 9.96. The molecule has 4 heteroatoms. The van der Waals surface area contributed by atoms with Gasteiger partial charge in [0, 0.05) is 0 Å². The number of ether oxygens (including phenoxy) is 2. The Bertz CT molecular complexity index is 315. The van der Waals surface area contributed by atoms with Crippen LogP contribution in [0.4, 0.5) is 0 Å². The molecule has 0 radical (unpaired) electrons. The zero-order valence-corrected chi connectivity index (χ0v) is 9.99. The smallest absolute Gasteiger partial charge is 0.310 e. The molecule has 16 heavy (non-hydrogen) atoms. The summed E-state index contributed by atoms with van der Waals surface area (Å²) in [5.41, 5.74) is -0.488. The third kappa shape index (κ3) is 2.20. The molecule has 2 rings (SSSR count). The van der Waals surface area contributed by atoms with Crippen molar-refractivity contribution in [2.75, 3.05) is 6.61 Å². The van der Waals surface area contributed by atoms with Crippen molar-refractivity contribution < 1.29 is 19.1 Å². The standard InChI is InChI=1S/C12H18O4/c1-12(2,3)16-11(14)9-5-7-4-8(9)10(13)15-6-7/h7-9H,4-6H2,1-3H3. The first-order valence-electron chi connectivity index (χ1n) is 5.76. The Morgan fingerprint density at radius 3 is 2.69 bits per heavy atom. The fraction of sp³-hybridized carbons (Fsp3) is 0.833. The minimum atomic E-state index is -0.488. The van der Waals surface area contributed by atoms with Gasteiger partial charge in [0.1, 0.15) is 5.60 Å². The fourth-order valence-corrected chi connectivity index (χ4v) is 2.48. The quantitative estimate of drug-likeness (QED) is 0.636. The van der Waals surface area contributed by atoms with Gasteiger partial charge in [-0.05, 0) is 39.5 Å². The number of hydrogen-bond acceptors (Lipinski definition) is 4. The summed E-state index contributed by atoms with van der Waals surface area (Å²) in [4.78, 5) is 23.4. The second kappa shape index (κ2) is 3.75. The highest BCUT2D eigenvalue weighted by atomic mass is 16.6. The van der Waals surface area contributed by atoms with Crippen molar-refractivity contribution >= 4 is 11.9 Å². The van der Waals surface area contributed by atoms with E-state index in [-0.39, 0.29) is 23.8 Å². The Balaban J connectivity index is 2.05. The van der Waals surface area contributed by atoms with Crippen molar-refractivity contribution in [3.8, 4) is 0 Å². The normalized spacial score (nSPS) is 33.4. The molecule has 1 heterocycles. The predicted molar refractivity (Wildman–Crippen MR) is 56.5 cm³/mol. The number of esters is 2. The molecule has 1 saturated heterocycles. The van der Waals surface area contributed by atoms with Crippen LogP contribution < -0.4 is 0 Å². The second-order valence-electron chi connectivity index (χ2n) is 5.71. The maximum atomic E-state index is 11.9. The van der Waals surface area contributed by atoms with E-state index in [1.54, 1.807) is 0 Å². The molecule has 0 amide bonds. The number of carbonyl (C=O) groups excluding carboxylic acids is 2. The summed E-state index contributed by atoms with van der Waals surface area (Å²) >= 11 is 0. The minimum Gasteiger partial charge on any atom is -0.465 e. The van der Waals surface area contributed by atoms with Crippen molar-refractivity contribution in [1.82, 2.24) is 0 Å². The molecule has 3 atom stereocenters. The molecule has 0 aromatic carbocycles. The molecule has 0 aromatic heterocycles. The summed E-state index contributed by atoms with van der Waals surface area (Å²) in [5.74, 6) is -0.698. The molecule has 0 N–H and O–H groups in total. The van der Waals surface area contributed by atoms with Crippen molar-refractivity contribution in [2.45, 2.75) is 39.2 Å². The fourth-order valence-electron chi connectivity index (χ4n) is 2.48. The lowest BCUT2D eigenvalue weighted by Gasteiger charge is -2.24. The number of cyclic esters (lactones) is 1. The zero-order valence-electron chi connectivity index (χ0n) is 9.99. The van der Waals surface area contributed by atoms with E-state index in [2.05, 4.69) is 0 Å².